The molecule has 5 nitrogen and oxygen atoms in total. The number of benzene rings is 1. The van der Waals surface area contributed by atoms with Crippen LogP contribution in [0, 0.1) is 0 Å². The zero-order valence-corrected chi connectivity index (χ0v) is 17.8. The van der Waals surface area contributed by atoms with Crippen LogP contribution in [0.25, 0.3) is 10.2 Å². The molecule has 4 rings (SSSR count). The maximum Gasteiger partial charge on any atom is 0.259 e. The molecule has 2 N–H and O–H groups in total. The Morgan fingerprint density at radius 2 is 2.21 bits per heavy atom. The van der Waals surface area contributed by atoms with E-state index in [-0.39, 0.29) is 23.3 Å². The summed E-state index contributed by atoms with van der Waals surface area (Å²) in [5.74, 6) is 1.32. The second-order valence-electron chi connectivity index (χ2n) is 6.85. The van der Waals surface area contributed by atoms with Crippen molar-refractivity contribution in [3.63, 3.8) is 0 Å². The van der Waals surface area contributed by atoms with Gasteiger partial charge in [0.25, 0.3) is 5.56 Å². The number of aromatic amines is 1. The summed E-state index contributed by atoms with van der Waals surface area (Å²) in [7, 11) is 0. The minimum Gasteiger partial charge on any atom is -0.349 e. The fourth-order valence-corrected chi connectivity index (χ4v) is 5.82. The number of nitrogens with one attached hydrogen (secondary N) is 2. The van der Waals surface area contributed by atoms with Crippen LogP contribution in [0.2, 0.25) is 5.02 Å². The van der Waals surface area contributed by atoms with Crippen LogP contribution in [-0.4, -0.2) is 21.6 Å². The molecule has 1 amide bonds. The fourth-order valence-electron chi connectivity index (χ4n) is 3.54. The predicted octanol–water partition coefficient (Wildman–Crippen LogP) is 4.24. The Morgan fingerprint density at radius 1 is 1.39 bits per heavy atom. The highest BCUT2D eigenvalue weighted by Crippen LogP contribution is 2.34. The molecule has 0 saturated carbocycles. The molecule has 8 heteroatoms. The summed E-state index contributed by atoms with van der Waals surface area (Å²) in [6.45, 7) is 1.91. The number of hydrogen-bond donors (Lipinski definition) is 2. The Bertz CT molecular complexity index is 1090. The number of hydrogen-bond acceptors (Lipinski definition) is 5. The van der Waals surface area contributed by atoms with Gasteiger partial charge < -0.3 is 10.3 Å². The minimum absolute atomic E-state index is 0.0585. The van der Waals surface area contributed by atoms with Gasteiger partial charge in [-0.25, -0.2) is 4.98 Å². The van der Waals surface area contributed by atoms with Gasteiger partial charge >= 0.3 is 0 Å². The van der Waals surface area contributed by atoms with Crippen molar-refractivity contribution in [1.82, 2.24) is 15.3 Å². The Kier molecular flexibility index (Phi) is 5.75. The molecular weight excluding hydrogens is 414 g/mol. The van der Waals surface area contributed by atoms with Crippen molar-refractivity contribution in [3.05, 3.63) is 61.5 Å². The van der Waals surface area contributed by atoms with Gasteiger partial charge in [-0.1, -0.05) is 29.8 Å². The lowest BCUT2D eigenvalue weighted by atomic mass is 10.1. The zero-order valence-electron chi connectivity index (χ0n) is 15.4. The summed E-state index contributed by atoms with van der Waals surface area (Å²) in [6, 6.07) is 7.32. The van der Waals surface area contributed by atoms with Crippen LogP contribution in [0.15, 0.2) is 29.1 Å². The average molecular weight is 434 g/mol. The molecule has 1 aromatic carbocycles. The number of thioether (sulfide) groups is 1. The van der Waals surface area contributed by atoms with E-state index in [4.69, 9.17) is 11.6 Å². The van der Waals surface area contributed by atoms with E-state index in [9.17, 15) is 9.59 Å². The molecule has 2 aromatic heterocycles. The lowest BCUT2D eigenvalue weighted by Gasteiger charge is -2.15. The molecule has 1 atom stereocenters. The number of carbonyl (C=O) groups is 1. The van der Waals surface area contributed by atoms with Crippen LogP contribution in [-0.2, 0) is 23.4 Å². The monoisotopic (exact) mass is 433 g/mol. The largest absolute Gasteiger partial charge is 0.349 e. The first-order valence-electron chi connectivity index (χ1n) is 9.18. The maximum absolute atomic E-state index is 12.5. The summed E-state index contributed by atoms with van der Waals surface area (Å²) in [5, 5.41) is 4.36. The first-order valence-corrected chi connectivity index (χ1v) is 11.5. The van der Waals surface area contributed by atoms with Gasteiger partial charge in [0.05, 0.1) is 22.9 Å². The number of amides is 1. The molecule has 0 bridgehead atoms. The molecule has 1 unspecified atom stereocenters. The first-order chi connectivity index (χ1) is 13.5. The molecule has 28 heavy (non-hydrogen) atoms. The van der Waals surface area contributed by atoms with E-state index >= 15 is 0 Å². The summed E-state index contributed by atoms with van der Waals surface area (Å²) in [5.41, 5.74) is 2.02. The number of carbonyl (C=O) groups excluding carboxylic acids is 1. The fraction of sp³-hybridized carbons (Fsp3) is 0.350. The van der Waals surface area contributed by atoms with E-state index in [1.165, 1.54) is 22.2 Å². The van der Waals surface area contributed by atoms with E-state index in [1.54, 1.807) is 11.3 Å². The third kappa shape index (κ3) is 3.97. The molecule has 146 valence electrons. The van der Waals surface area contributed by atoms with E-state index in [2.05, 4.69) is 15.3 Å². The highest BCUT2D eigenvalue weighted by atomic mass is 35.5. The molecule has 0 fully saturated rings. The summed E-state index contributed by atoms with van der Waals surface area (Å²) in [4.78, 5) is 34.3. The molecule has 1 aliphatic carbocycles. The number of H-pyrrole nitrogens is 1. The van der Waals surface area contributed by atoms with E-state index < -0.39 is 0 Å². The third-order valence-electron chi connectivity index (χ3n) is 4.85. The van der Waals surface area contributed by atoms with Crippen molar-refractivity contribution < 1.29 is 4.79 Å². The van der Waals surface area contributed by atoms with Crippen LogP contribution >= 0.6 is 34.7 Å². The van der Waals surface area contributed by atoms with Gasteiger partial charge in [-0.15, -0.1) is 23.1 Å². The Labute approximate surface area is 175 Å². The van der Waals surface area contributed by atoms with Crippen molar-refractivity contribution in [2.24, 2.45) is 0 Å². The number of nitrogens with zero attached hydrogens (tertiary/aromatic N) is 1. The molecular formula is C20H20ClN3O2S2. The predicted molar refractivity (Wildman–Crippen MR) is 116 cm³/mol. The molecule has 0 saturated heterocycles. The van der Waals surface area contributed by atoms with Crippen molar-refractivity contribution in [1.29, 1.82) is 0 Å². The molecule has 0 spiro atoms. The highest BCUT2D eigenvalue weighted by Gasteiger charge is 2.21. The van der Waals surface area contributed by atoms with Gasteiger partial charge in [-0.2, -0.15) is 0 Å². The van der Waals surface area contributed by atoms with Gasteiger partial charge in [0.1, 0.15) is 10.7 Å². The quantitative estimate of drug-likeness (QED) is 0.609. The number of rotatable bonds is 6. The highest BCUT2D eigenvalue weighted by molar-refractivity contribution is 7.99. The second-order valence-corrected chi connectivity index (χ2v) is 9.33. The van der Waals surface area contributed by atoms with Crippen molar-refractivity contribution in [2.75, 3.05) is 5.75 Å². The third-order valence-corrected chi connectivity index (χ3v) is 7.32. The van der Waals surface area contributed by atoms with Crippen LogP contribution in [0.1, 0.15) is 41.2 Å². The Hall–Kier alpha value is -1.83. The Morgan fingerprint density at radius 3 is 3.04 bits per heavy atom. The number of fused-ring (bicyclic) bond motifs is 3. The summed E-state index contributed by atoms with van der Waals surface area (Å²) < 4.78 is 0. The summed E-state index contributed by atoms with van der Waals surface area (Å²) in [6.07, 6.45) is 3.14. The van der Waals surface area contributed by atoms with Crippen molar-refractivity contribution in [3.8, 4) is 0 Å². The molecule has 3 aromatic rings. The molecule has 0 aliphatic heterocycles. The lowest BCUT2D eigenvalue weighted by molar-refractivity contribution is -0.119. The first kappa shape index (κ1) is 19.5. The van der Waals surface area contributed by atoms with Crippen LogP contribution in [0.4, 0.5) is 0 Å². The standard InChI is InChI=1S/C20H20ClN3O2S2/c1-11(12-5-2-3-7-14(12)21)22-17(25)10-27-9-16-23-19(26)18-13-6-4-8-15(13)28-20(18)24-16/h2-3,5,7,11H,4,6,8-10H2,1H3,(H,22,25)(H,23,24,26). The minimum atomic E-state index is -0.162. The Balaban J connectivity index is 1.35. The van der Waals surface area contributed by atoms with Crippen LogP contribution in [0.5, 0.6) is 0 Å². The van der Waals surface area contributed by atoms with Gasteiger partial charge in [0, 0.05) is 9.90 Å². The normalized spacial score (nSPS) is 14.2. The van der Waals surface area contributed by atoms with Gasteiger partial charge in [0.2, 0.25) is 5.91 Å². The number of aromatic nitrogens is 2. The topological polar surface area (TPSA) is 74.8 Å². The van der Waals surface area contributed by atoms with Gasteiger partial charge in [0.15, 0.2) is 0 Å². The second kappa shape index (κ2) is 8.27. The van der Waals surface area contributed by atoms with E-state index in [1.807, 2.05) is 31.2 Å². The van der Waals surface area contributed by atoms with Crippen LogP contribution in [0.3, 0.4) is 0 Å². The number of aryl methyl sites for hydroxylation is 2. The van der Waals surface area contributed by atoms with Crippen molar-refractivity contribution in [2.45, 2.75) is 38.0 Å². The lowest BCUT2D eigenvalue weighted by Crippen LogP contribution is -2.28. The van der Waals surface area contributed by atoms with Gasteiger partial charge in [-0.05, 0) is 43.4 Å². The number of thiophene rings is 1. The molecule has 2 heterocycles. The van der Waals surface area contributed by atoms with Crippen LogP contribution < -0.4 is 10.9 Å². The molecule has 0 radical (unpaired) electrons. The number of halogens is 1. The van der Waals surface area contributed by atoms with E-state index in [0.29, 0.717) is 16.6 Å². The van der Waals surface area contributed by atoms with E-state index in [0.717, 1.165) is 35.0 Å². The molecule has 1 aliphatic rings. The zero-order chi connectivity index (χ0) is 19.7. The van der Waals surface area contributed by atoms with Gasteiger partial charge in [-0.3, -0.25) is 9.59 Å². The SMILES string of the molecule is CC(NC(=O)CSCc1nc2sc3c(c2c(=O)[nH]1)CCC3)c1ccccc1Cl. The summed E-state index contributed by atoms with van der Waals surface area (Å²) >= 11 is 9.24. The average Bonchev–Trinajstić information content (AvgIpc) is 3.22. The van der Waals surface area contributed by atoms with Crippen molar-refractivity contribution >= 4 is 50.8 Å². The smallest absolute Gasteiger partial charge is 0.259 e. The maximum atomic E-state index is 12.5.